The van der Waals surface area contributed by atoms with E-state index in [1.54, 1.807) is 25.1 Å². The van der Waals surface area contributed by atoms with Crippen molar-refractivity contribution in [3.63, 3.8) is 0 Å². The Balaban J connectivity index is 0.00000300. The van der Waals surface area contributed by atoms with Crippen LogP contribution >= 0.6 is 24.0 Å². The van der Waals surface area contributed by atoms with Crippen LogP contribution in [-0.2, 0) is 6.54 Å². The topological polar surface area (TPSA) is 87.8 Å². The van der Waals surface area contributed by atoms with Crippen molar-refractivity contribution in [2.24, 2.45) is 4.99 Å². The van der Waals surface area contributed by atoms with Crippen LogP contribution in [0.15, 0.2) is 33.8 Å². The molecule has 2 aromatic rings. The van der Waals surface area contributed by atoms with Gasteiger partial charge in [0.15, 0.2) is 11.8 Å². The second kappa shape index (κ2) is 11.1. The van der Waals surface area contributed by atoms with Gasteiger partial charge >= 0.3 is 6.61 Å². The Bertz CT molecular complexity index is 804. The molecule has 8 nitrogen and oxygen atoms in total. The SMILES string of the molecule is CCNC(=NCc1noc(C)n1)NC1CCN(c2ccccc2OC(F)F)C1.I. The molecule has 1 aliphatic heterocycles. The third-order valence-electron chi connectivity index (χ3n) is 4.24. The fraction of sp³-hybridized carbons (Fsp3) is 0.500. The number of nitrogens with one attached hydrogen (secondary N) is 2. The number of nitrogens with zero attached hydrogens (tertiary/aromatic N) is 4. The maximum atomic E-state index is 12.7. The van der Waals surface area contributed by atoms with E-state index in [1.165, 1.54) is 0 Å². The van der Waals surface area contributed by atoms with Crippen LogP contribution in [0.3, 0.4) is 0 Å². The van der Waals surface area contributed by atoms with Gasteiger partial charge in [-0.2, -0.15) is 13.8 Å². The van der Waals surface area contributed by atoms with E-state index in [2.05, 4.69) is 30.5 Å². The summed E-state index contributed by atoms with van der Waals surface area (Å²) in [5, 5.41) is 10.4. The summed E-state index contributed by atoms with van der Waals surface area (Å²) in [6.45, 7) is 3.24. The van der Waals surface area contributed by atoms with Crippen molar-refractivity contribution in [1.82, 2.24) is 20.8 Å². The maximum Gasteiger partial charge on any atom is 0.387 e. The van der Waals surface area contributed by atoms with Crippen LogP contribution in [0.4, 0.5) is 14.5 Å². The van der Waals surface area contributed by atoms with Crippen molar-refractivity contribution in [3.8, 4) is 5.75 Å². The first-order chi connectivity index (χ1) is 13.5. The molecule has 160 valence electrons. The van der Waals surface area contributed by atoms with Gasteiger partial charge < -0.3 is 24.8 Å². The van der Waals surface area contributed by atoms with Crippen molar-refractivity contribution < 1.29 is 18.0 Å². The average molecular weight is 522 g/mol. The van der Waals surface area contributed by atoms with Crippen molar-refractivity contribution >= 4 is 35.6 Å². The molecule has 0 spiro atoms. The minimum absolute atomic E-state index is 0. The van der Waals surface area contributed by atoms with Gasteiger partial charge in [-0.1, -0.05) is 17.3 Å². The van der Waals surface area contributed by atoms with E-state index in [-0.39, 0.29) is 35.8 Å². The largest absolute Gasteiger partial charge is 0.433 e. The Morgan fingerprint density at radius 2 is 2.21 bits per heavy atom. The monoisotopic (exact) mass is 522 g/mol. The summed E-state index contributed by atoms with van der Waals surface area (Å²) < 4.78 is 34.9. The van der Waals surface area contributed by atoms with E-state index in [0.717, 1.165) is 13.0 Å². The summed E-state index contributed by atoms with van der Waals surface area (Å²) in [5.74, 6) is 1.85. The lowest BCUT2D eigenvalue weighted by Gasteiger charge is -2.22. The van der Waals surface area contributed by atoms with Crippen molar-refractivity contribution in [2.45, 2.75) is 39.5 Å². The summed E-state index contributed by atoms with van der Waals surface area (Å²) >= 11 is 0. The molecule has 0 radical (unpaired) electrons. The predicted molar refractivity (Wildman–Crippen MR) is 116 cm³/mol. The van der Waals surface area contributed by atoms with E-state index in [4.69, 9.17) is 4.52 Å². The zero-order valence-corrected chi connectivity index (χ0v) is 18.6. The molecule has 0 saturated carbocycles. The van der Waals surface area contributed by atoms with Crippen molar-refractivity contribution in [3.05, 3.63) is 36.0 Å². The summed E-state index contributed by atoms with van der Waals surface area (Å²) in [6.07, 6.45) is 0.842. The molecule has 29 heavy (non-hydrogen) atoms. The lowest BCUT2D eigenvalue weighted by Crippen LogP contribution is -2.44. The van der Waals surface area contributed by atoms with Gasteiger partial charge in [-0.3, -0.25) is 0 Å². The molecule has 11 heteroatoms. The minimum atomic E-state index is -2.85. The highest BCUT2D eigenvalue weighted by atomic mass is 127. The number of alkyl halides is 2. The Morgan fingerprint density at radius 1 is 1.41 bits per heavy atom. The molecule has 2 N–H and O–H groups in total. The van der Waals surface area contributed by atoms with Gasteiger partial charge in [-0.15, -0.1) is 24.0 Å². The molecule has 1 aliphatic rings. The molecule has 3 rings (SSSR count). The molecule has 1 unspecified atom stereocenters. The molecule has 1 atom stereocenters. The van der Waals surface area contributed by atoms with Gasteiger partial charge in [0, 0.05) is 32.6 Å². The number of aliphatic imine (C=N–C) groups is 1. The molecule has 1 saturated heterocycles. The number of para-hydroxylation sites is 2. The Morgan fingerprint density at radius 3 is 2.90 bits per heavy atom. The van der Waals surface area contributed by atoms with Crippen molar-refractivity contribution in [1.29, 1.82) is 0 Å². The summed E-state index contributed by atoms with van der Waals surface area (Å²) in [4.78, 5) is 10.6. The number of benzene rings is 1. The summed E-state index contributed by atoms with van der Waals surface area (Å²) in [5.41, 5.74) is 0.663. The number of guanidine groups is 1. The number of ether oxygens (including phenoxy) is 1. The average Bonchev–Trinajstić information content (AvgIpc) is 3.29. The predicted octanol–water partition coefficient (Wildman–Crippen LogP) is 2.93. The van der Waals surface area contributed by atoms with E-state index >= 15 is 0 Å². The second-order valence-corrected chi connectivity index (χ2v) is 6.35. The normalized spacial score (nSPS) is 16.7. The van der Waals surface area contributed by atoms with Crippen LogP contribution in [0.5, 0.6) is 5.75 Å². The zero-order chi connectivity index (χ0) is 19.9. The number of hydrogen-bond donors (Lipinski definition) is 2. The van der Waals surface area contributed by atoms with E-state index < -0.39 is 6.61 Å². The van der Waals surface area contributed by atoms with Gasteiger partial charge in [-0.25, -0.2) is 4.99 Å². The number of aromatic nitrogens is 2. The fourth-order valence-electron chi connectivity index (χ4n) is 3.08. The van der Waals surface area contributed by atoms with Gasteiger partial charge in [-0.05, 0) is 25.5 Å². The van der Waals surface area contributed by atoms with Gasteiger partial charge in [0.2, 0.25) is 5.89 Å². The molecular formula is C18H25F2IN6O2. The summed E-state index contributed by atoms with van der Waals surface area (Å²) in [6, 6.07) is 6.96. The molecule has 1 aromatic carbocycles. The minimum Gasteiger partial charge on any atom is -0.433 e. The van der Waals surface area contributed by atoms with E-state index in [9.17, 15) is 8.78 Å². The van der Waals surface area contributed by atoms with Crippen LogP contribution in [0, 0.1) is 6.92 Å². The van der Waals surface area contributed by atoms with Crippen LogP contribution in [0.25, 0.3) is 0 Å². The third-order valence-corrected chi connectivity index (χ3v) is 4.24. The maximum absolute atomic E-state index is 12.7. The smallest absolute Gasteiger partial charge is 0.387 e. The second-order valence-electron chi connectivity index (χ2n) is 6.35. The molecule has 2 heterocycles. The Labute approximate surface area is 185 Å². The van der Waals surface area contributed by atoms with Crippen LogP contribution in [-0.4, -0.2) is 48.4 Å². The van der Waals surface area contributed by atoms with Crippen LogP contribution < -0.4 is 20.3 Å². The molecule has 1 fully saturated rings. The van der Waals surface area contributed by atoms with Crippen LogP contribution in [0.2, 0.25) is 0 Å². The number of anilines is 1. The first-order valence-corrected chi connectivity index (χ1v) is 9.18. The highest BCUT2D eigenvalue weighted by molar-refractivity contribution is 14.0. The Kier molecular flexibility index (Phi) is 8.86. The van der Waals surface area contributed by atoms with E-state index in [0.29, 0.717) is 43.0 Å². The van der Waals surface area contributed by atoms with E-state index in [1.807, 2.05) is 17.9 Å². The van der Waals surface area contributed by atoms with Gasteiger partial charge in [0.25, 0.3) is 0 Å². The first kappa shape index (κ1) is 23.1. The molecular weight excluding hydrogens is 497 g/mol. The quantitative estimate of drug-likeness (QED) is 0.329. The molecule has 0 bridgehead atoms. The molecule has 0 aliphatic carbocycles. The number of hydrogen-bond acceptors (Lipinski definition) is 6. The van der Waals surface area contributed by atoms with Gasteiger partial charge in [0.05, 0.1) is 5.69 Å². The van der Waals surface area contributed by atoms with Crippen LogP contribution in [0.1, 0.15) is 25.1 Å². The zero-order valence-electron chi connectivity index (χ0n) is 16.3. The van der Waals surface area contributed by atoms with Crippen molar-refractivity contribution in [2.75, 3.05) is 24.5 Å². The highest BCUT2D eigenvalue weighted by Gasteiger charge is 2.26. The number of halogens is 3. The number of aryl methyl sites for hydroxylation is 1. The fourth-order valence-corrected chi connectivity index (χ4v) is 3.08. The lowest BCUT2D eigenvalue weighted by molar-refractivity contribution is -0.0495. The number of rotatable bonds is 7. The first-order valence-electron chi connectivity index (χ1n) is 9.18. The highest BCUT2D eigenvalue weighted by Crippen LogP contribution is 2.31. The van der Waals surface area contributed by atoms with Gasteiger partial charge in [0.1, 0.15) is 12.3 Å². The summed E-state index contributed by atoms with van der Waals surface area (Å²) in [7, 11) is 0. The molecule has 0 amide bonds. The Hall–Kier alpha value is -2.18. The third kappa shape index (κ3) is 6.68. The lowest BCUT2D eigenvalue weighted by atomic mass is 10.2. The molecule has 1 aromatic heterocycles. The standard InChI is InChI=1S/C18H24F2N6O2.HI/c1-3-21-18(22-10-16-23-12(2)28-25-16)24-13-8-9-26(11-13)14-6-4-5-7-15(14)27-17(19)20;/h4-7,13,17H,3,8-11H2,1-2H3,(H2,21,22,24);1H.